The molecule has 1 amide bonds. The van der Waals surface area contributed by atoms with Gasteiger partial charge in [-0.05, 0) is 28.1 Å². The largest absolute Gasteiger partial charge is 0.419 e. The van der Waals surface area contributed by atoms with Gasteiger partial charge in [-0.25, -0.2) is 4.39 Å². The Balaban J connectivity index is 3.39. The predicted molar refractivity (Wildman–Crippen MR) is 47.6 cm³/mol. The minimum Gasteiger partial charge on any atom is -0.366 e. The van der Waals surface area contributed by atoms with Gasteiger partial charge >= 0.3 is 6.18 Å². The minimum absolute atomic E-state index is 0.191. The van der Waals surface area contributed by atoms with Gasteiger partial charge in [0, 0.05) is 4.47 Å². The monoisotopic (exact) mass is 285 g/mol. The first-order chi connectivity index (χ1) is 6.73. The molecule has 0 heterocycles. The molecule has 0 aliphatic carbocycles. The molecule has 0 aromatic heterocycles. The quantitative estimate of drug-likeness (QED) is 0.792. The van der Waals surface area contributed by atoms with Gasteiger partial charge in [-0.3, -0.25) is 4.79 Å². The third kappa shape index (κ3) is 2.47. The second-order valence-electron chi connectivity index (χ2n) is 2.67. The van der Waals surface area contributed by atoms with Crippen LogP contribution < -0.4 is 5.73 Å². The van der Waals surface area contributed by atoms with Gasteiger partial charge in [0.2, 0.25) is 5.91 Å². The van der Waals surface area contributed by atoms with E-state index in [1.807, 2.05) is 0 Å². The van der Waals surface area contributed by atoms with Crippen molar-refractivity contribution >= 4 is 21.8 Å². The van der Waals surface area contributed by atoms with E-state index in [4.69, 9.17) is 5.73 Å². The fraction of sp³-hybridized carbons (Fsp3) is 0.125. The molecule has 7 heteroatoms. The van der Waals surface area contributed by atoms with E-state index >= 15 is 0 Å². The Morgan fingerprint density at radius 1 is 1.33 bits per heavy atom. The highest BCUT2D eigenvalue weighted by Crippen LogP contribution is 2.34. The van der Waals surface area contributed by atoms with E-state index in [2.05, 4.69) is 15.9 Å². The topological polar surface area (TPSA) is 43.1 Å². The maximum absolute atomic E-state index is 12.9. The lowest BCUT2D eigenvalue weighted by Crippen LogP contribution is -2.15. The number of carbonyl (C=O) groups excluding carboxylic acids is 1. The maximum Gasteiger partial charge on any atom is 0.419 e. The fourth-order valence-corrected chi connectivity index (χ4v) is 1.49. The van der Waals surface area contributed by atoms with Gasteiger partial charge < -0.3 is 5.73 Å². The second-order valence-corrected chi connectivity index (χ2v) is 3.53. The number of carbonyl (C=O) groups is 1. The first-order valence-corrected chi connectivity index (χ1v) is 4.39. The molecular formula is C8H4BrF4NO. The molecule has 0 radical (unpaired) electrons. The molecule has 0 spiro atoms. The van der Waals surface area contributed by atoms with Crippen molar-refractivity contribution < 1.29 is 22.4 Å². The molecule has 2 N–H and O–H groups in total. The molecule has 1 aromatic rings. The van der Waals surface area contributed by atoms with Crippen molar-refractivity contribution in [3.05, 3.63) is 33.5 Å². The standard InChI is InChI=1S/C8H4BrF4NO/c9-5-2-4(8(11,12)13)6(10)1-3(5)7(14)15/h1-2H,(H2,14,15). The van der Waals surface area contributed by atoms with Crippen LogP contribution in [-0.2, 0) is 6.18 Å². The van der Waals surface area contributed by atoms with E-state index in [9.17, 15) is 22.4 Å². The van der Waals surface area contributed by atoms with Crippen molar-refractivity contribution in [2.75, 3.05) is 0 Å². The van der Waals surface area contributed by atoms with Gasteiger partial charge in [0.15, 0.2) is 0 Å². The van der Waals surface area contributed by atoms with Crippen LogP contribution in [0.25, 0.3) is 0 Å². The van der Waals surface area contributed by atoms with Crippen molar-refractivity contribution in [1.82, 2.24) is 0 Å². The van der Waals surface area contributed by atoms with E-state index in [0.717, 1.165) is 0 Å². The third-order valence-corrected chi connectivity index (χ3v) is 2.28. The number of hydrogen-bond donors (Lipinski definition) is 1. The molecule has 2 nitrogen and oxygen atoms in total. The first kappa shape index (κ1) is 12.0. The maximum atomic E-state index is 12.9. The normalized spacial score (nSPS) is 11.5. The Labute approximate surface area is 90.2 Å². The summed E-state index contributed by atoms with van der Waals surface area (Å²) in [4.78, 5) is 10.7. The summed E-state index contributed by atoms with van der Waals surface area (Å²) in [6.45, 7) is 0. The van der Waals surface area contributed by atoms with Gasteiger partial charge in [0.1, 0.15) is 5.82 Å². The van der Waals surface area contributed by atoms with Crippen molar-refractivity contribution in [3.63, 3.8) is 0 Å². The Morgan fingerprint density at radius 3 is 2.27 bits per heavy atom. The predicted octanol–water partition coefficient (Wildman–Crippen LogP) is 2.71. The molecule has 82 valence electrons. The zero-order valence-corrected chi connectivity index (χ0v) is 8.62. The Kier molecular flexibility index (Phi) is 3.03. The number of primary amides is 1. The second kappa shape index (κ2) is 3.80. The van der Waals surface area contributed by atoms with Crippen LogP contribution >= 0.6 is 15.9 Å². The van der Waals surface area contributed by atoms with Crippen LogP contribution in [0.4, 0.5) is 17.6 Å². The third-order valence-electron chi connectivity index (χ3n) is 1.63. The number of halogens is 5. The number of nitrogens with two attached hydrogens (primary N) is 1. The number of benzene rings is 1. The highest BCUT2D eigenvalue weighted by Gasteiger charge is 2.35. The van der Waals surface area contributed by atoms with Crippen LogP contribution in [0, 0.1) is 5.82 Å². The summed E-state index contributed by atoms with van der Waals surface area (Å²) in [6, 6.07) is 0.935. The molecule has 0 fully saturated rings. The van der Waals surface area contributed by atoms with Gasteiger partial charge in [-0.15, -0.1) is 0 Å². The Morgan fingerprint density at radius 2 is 1.87 bits per heavy atom. The summed E-state index contributed by atoms with van der Waals surface area (Å²) >= 11 is 2.71. The fourth-order valence-electron chi connectivity index (χ4n) is 0.953. The Bertz CT molecular complexity index is 416. The SMILES string of the molecule is NC(=O)c1cc(F)c(C(F)(F)F)cc1Br. The molecule has 0 aliphatic heterocycles. The highest BCUT2D eigenvalue weighted by molar-refractivity contribution is 9.10. The van der Waals surface area contributed by atoms with E-state index < -0.39 is 23.5 Å². The molecule has 0 atom stereocenters. The van der Waals surface area contributed by atoms with Gasteiger partial charge in [-0.1, -0.05) is 0 Å². The van der Waals surface area contributed by atoms with Crippen LogP contribution in [-0.4, -0.2) is 5.91 Å². The molecule has 0 bridgehead atoms. The van der Waals surface area contributed by atoms with Crippen molar-refractivity contribution in [2.24, 2.45) is 5.73 Å². The van der Waals surface area contributed by atoms with Crippen LogP contribution in [0.15, 0.2) is 16.6 Å². The van der Waals surface area contributed by atoms with Crippen LogP contribution in [0.3, 0.4) is 0 Å². The highest BCUT2D eigenvalue weighted by atomic mass is 79.9. The lowest BCUT2D eigenvalue weighted by atomic mass is 10.1. The van der Waals surface area contributed by atoms with Crippen LogP contribution in [0.5, 0.6) is 0 Å². The summed E-state index contributed by atoms with van der Waals surface area (Å²) in [5, 5.41) is 0. The molecule has 0 unspecified atom stereocenters. The zero-order chi connectivity index (χ0) is 11.8. The molecule has 1 aromatic carbocycles. The molecule has 0 aliphatic rings. The number of rotatable bonds is 1. The van der Waals surface area contributed by atoms with E-state index in [1.165, 1.54) is 0 Å². The van der Waals surface area contributed by atoms with Gasteiger partial charge in [-0.2, -0.15) is 13.2 Å². The lowest BCUT2D eigenvalue weighted by molar-refractivity contribution is -0.140. The molecule has 15 heavy (non-hydrogen) atoms. The lowest BCUT2D eigenvalue weighted by Gasteiger charge is -2.09. The molecule has 0 saturated carbocycles. The summed E-state index contributed by atoms with van der Waals surface area (Å²) in [5.41, 5.74) is 3.05. The molecule has 1 rings (SSSR count). The van der Waals surface area contributed by atoms with Crippen LogP contribution in [0.1, 0.15) is 15.9 Å². The number of alkyl halides is 3. The van der Waals surface area contributed by atoms with Crippen LogP contribution in [0.2, 0.25) is 0 Å². The first-order valence-electron chi connectivity index (χ1n) is 3.59. The molecule has 0 saturated heterocycles. The van der Waals surface area contributed by atoms with Crippen molar-refractivity contribution in [3.8, 4) is 0 Å². The Hall–Kier alpha value is -1.11. The number of amides is 1. The van der Waals surface area contributed by atoms with Gasteiger partial charge in [0.25, 0.3) is 0 Å². The van der Waals surface area contributed by atoms with Crippen molar-refractivity contribution in [2.45, 2.75) is 6.18 Å². The number of hydrogen-bond acceptors (Lipinski definition) is 1. The van der Waals surface area contributed by atoms with E-state index in [0.29, 0.717) is 12.1 Å². The van der Waals surface area contributed by atoms with Gasteiger partial charge in [0.05, 0.1) is 11.1 Å². The molecular weight excluding hydrogens is 282 g/mol. The average molecular weight is 286 g/mol. The minimum atomic E-state index is -4.80. The summed E-state index contributed by atoms with van der Waals surface area (Å²) in [5.74, 6) is -2.53. The summed E-state index contributed by atoms with van der Waals surface area (Å²) in [6.07, 6.45) is -4.80. The van der Waals surface area contributed by atoms with E-state index in [-0.39, 0.29) is 10.0 Å². The van der Waals surface area contributed by atoms with E-state index in [1.54, 1.807) is 0 Å². The average Bonchev–Trinajstić information content (AvgIpc) is 2.06. The van der Waals surface area contributed by atoms with Crippen molar-refractivity contribution in [1.29, 1.82) is 0 Å². The smallest absolute Gasteiger partial charge is 0.366 e. The summed E-state index contributed by atoms with van der Waals surface area (Å²) < 4.78 is 49.3. The summed E-state index contributed by atoms with van der Waals surface area (Å²) in [7, 11) is 0. The zero-order valence-electron chi connectivity index (χ0n) is 7.03.